The van der Waals surface area contributed by atoms with E-state index >= 15 is 0 Å². The van der Waals surface area contributed by atoms with Crippen molar-refractivity contribution in [1.82, 2.24) is 4.72 Å². The molecular formula is C20H21NO2S2. The van der Waals surface area contributed by atoms with Crippen LogP contribution in [0.5, 0.6) is 0 Å². The number of thiophene rings is 1. The monoisotopic (exact) mass is 371 g/mol. The molecule has 0 saturated heterocycles. The van der Waals surface area contributed by atoms with Crippen LogP contribution >= 0.6 is 11.3 Å². The second kappa shape index (κ2) is 7.52. The van der Waals surface area contributed by atoms with Crippen molar-refractivity contribution in [2.75, 3.05) is 6.54 Å². The van der Waals surface area contributed by atoms with Crippen molar-refractivity contribution in [3.63, 3.8) is 0 Å². The van der Waals surface area contributed by atoms with Gasteiger partial charge in [-0.1, -0.05) is 48.0 Å². The zero-order valence-electron chi connectivity index (χ0n) is 14.3. The Morgan fingerprint density at radius 2 is 1.60 bits per heavy atom. The fourth-order valence-corrected chi connectivity index (χ4v) is 4.76. The van der Waals surface area contributed by atoms with Gasteiger partial charge in [0.15, 0.2) is 0 Å². The molecule has 0 fully saturated rings. The minimum Gasteiger partial charge on any atom is -0.210 e. The van der Waals surface area contributed by atoms with E-state index in [1.807, 2.05) is 49.4 Å². The van der Waals surface area contributed by atoms with Crippen LogP contribution in [0.2, 0.25) is 0 Å². The lowest BCUT2D eigenvalue weighted by Crippen LogP contribution is -2.28. The van der Waals surface area contributed by atoms with Gasteiger partial charge in [0, 0.05) is 22.2 Å². The molecule has 5 heteroatoms. The van der Waals surface area contributed by atoms with Gasteiger partial charge in [-0.3, -0.25) is 0 Å². The number of sulfonamides is 1. The van der Waals surface area contributed by atoms with Gasteiger partial charge in [-0.15, -0.1) is 11.3 Å². The predicted molar refractivity (Wildman–Crippen MR) is 104 cm³/mol. The molecule has 0 aliphatic carbocycles. The van der Waals surface area contributed by atoms with Crippen LogP contribution in [0, 0.1) is 13.8 Å². The van der Waals surface area contributed by atoms with E-state index in [-0.39, 0.29) is 5.92 Å². The SMILES string of the molecule is Cc1ccc(S(=O)(=O)NCC(c2ccccc2)c2ccc(C)s2)cc1. The molecule has 0 saturated carbocycles. The van der Waals surface area contributed by atoms with Gasteiger partial charge in [0.25, 0.3) is 0 Å². The highest BCUT2D eigenvalue weighted by atomic mass is 32.2. The molecule has 0 spiro atoms. The quantitative estimate of drug-likeness (QED) is 0.695. The molecular weight excluding hydrogens is 350 g/mol. The third-order valence-electron chi connectivity index (χ3n) is 4.12. The number of benzene rings is 2. The highest BCUT2D eigenvalue weighted by molar-refractivity contribution is 7.89. The maximum atomic E-state index is 12.6. The van der Waals surface area contributed by atoms with Crippen molar-refractivity contribution in [3.8, 4) is 0 Å². The normalized spacial score (nSPS) is 12.9. The van der Waals surface area contributed by atoms with Crippen molar-refractivity contribution in [2.45, 2.75) is 24.7 Å². The average Bonchev–Trinajstić information content (AvgIpc) is 3.02. The third kappa shape index (κ3) is 4.37. The summed E-state index contributed by atoms with van der Waals surface area (Å²) in [5.74, 6) is 0.000114. The highest BCUT2D eigenvalue weighted by Crippen LogP contribution is 2.30. The zero-order chi connectivity index (χ0) is 17.9. The van der Waals surface area contributed by atoms with E-state index in [0.29, 0.717) is 11.4 Å². The van der Waals surface area contributed by atoms with Crippen molar-refractivity contribution < 1.29 is 8.42 Å². The van der Waals surface area contributed by atoms with Gasteiger partial charge in [0.05, 0.1) is 4.90 Å². The Labute approximate surface area is 153 Å². The van der Waals surface area contributed by atoms with Crippen LogP contribution in [0.15, 0.2) is 71.6 Å². The lowest BCUT2D eigenvalue weighted by molar-refractivity contribution is 0.578. The van der Waals surface area contributed by atoms with Crippen LogP contribution in [-0.2, 0) is 10.0 Å². The molecule has 3 aromatic rings. The summed E-state index contributed by atoms with van der Waals surface area (Å²) in [7, 11) is -3.53. The van der Waals surface area contributed by atoms with E-state index in [1.54, 1.807) is 23.5 Å². The minimum absolute atomic E-state index is 0.000114. The van der Waals surface area contributed by atoms with Crippen LogP contribution in [0.1, 0.15) is 26.8 Å². The molecule has 3 rings (SSSR count). The second-order valence-corrected chi connectivity index (χ2v) is 9.16. The number of aryl methyl sites for hydroxylation is 2. The Bertz CT molecular complexity index is 929. The molecule has 0 amide bonds. The van der Waals surface area contributed by atoms with Crippen LogP contribution in [0.25, 0.3) is 0 Å². The molecule has 1 atom stereocenters. The fraction of sp³-hybridized carbons (Fsp3) is 0.200. The maximum Gasteiger partial charge on any atom is 0.240 e. The first kappa shape index (κ1) is 17.9. The largest absolute Gasteiger partial charge is 0.240 e. The van der Waals surface area contributed by atoms with Crippen molar-refractivity contribution in [3.05, 3.63) is 87.6 Å². The number of rotatable bonds is 6. The summed E-state index contributed by atoms with van der Waals surface area (Å²) in [5.41, 5.74) is 2.14. The Morgan fingerprint density at radius 1 is 0.920 bits per heavy atom. The molecule has 3 nitrogen and oxygen atoms in total. The van der Waals surface area contributed by atoms with Gasteiger partial charge in [-0.2, -0.15) is 0 Å². The summed E-state index contributed by atoms with van der Waals surface area (Å²) in [6, 6.07) is 21.1. The summed E-state index contributed by atoms with van der Waals surface area (Å²) in [4.78, 5) is 2.68. The number of nitrogens with one attached hydrogen (secondary N) is 1. The highest BCUT2D eigenvalue weighted by Gasteiger charge is 2.20. The summed E-state index contributed by atoms with van der Waals surface area (Å²) >= 11 is 1.70. The molecule has 0 aliphatic heterocycles. The van der Waals surface area contributed by atoms with E-state index in [2.05, 4.69) is 23.8 Å². The maximum absolute atomic E-state index is 12.6. The summed E-state index contributed by atoms with van der Waals surface area (Å²) in [6.45, 7) is 4.33. The van der Waals surface area contributed by atoms with Crippen molar-refractivity contribution >= 4 is 21.4 Å². The average molecular weight is 372 g/mol. The molecule has 0 bridgehead atoms. The number of hydrogen-bond acceptors (Lipinski definition) is 3. The molecule has 1 aromatic heterocycles. The molecule has 1 N–H and O–H groups in total. The molecule has 25 heavy (non-hydrogen) atoms. The molecule has 1 unspecified atom stereocenters. The topological polar surface area (TPSA) is 46.2 Å². The van der Waals surface area contributed by atoms with Gasteiger partial charge in [-0.25, -0.2) is 13.1 Å². The van der Waals surface area contributed by atoms with E-state index < -0.39 is 10.0 Å². The standard InChI is InChI=1S/C20H21NO2S2/c1-15-8-11-18(12-9-15)25(22,23)21-14-19(17-6-4-3-5-7-17)20-13-10-16(2)24-20/h3-13,19,21H,14H2,1-2H3. The van der Waals surface area contributed by atoms with Crippen molar-refractivity contribution in [2.24, 2.45) is 0 Å². The minimum atomic E-state index is -3.53. The van der Waals surface area contributed by atoms with E-state index in [4.69, 9.17) is 0 Å². The first-order valence-corrected chi connectivity index (χ1v) is 10.4. The van der Waals surface area contributed by atoms with Crippen LogP contribution in [-0.4, -0.2) is 15.0 Å². The number of hydrogen-bond donors (Lipinski definition) is 1. The van der Waals surface area contributed by atoms with Gasteiger partial charge in [0.2, 0.25) is 10.0 Å². The first-order chi connectivity index (χ1) is 12.0. The second-order valence-electron chi connectivity index (χ2n) is 6.08. The Balaban J connectivity index is 1.85. The smallest absolute Gasteiger partial charge is 0.210 e. The molecule has 1 heterocycles. The molecule has 130 valence electrons. The van der Waals surface area contributed by atoms with Crippen LogP contribution < -0.4 is 4.72 Å². The van der Waals surface area contributed by atoms with Crippen LogP contribution in [0.4, 0.5) is 0 Å². The van der Waals surface area contributed by atoms with E-state index in [0.717, 1.165) is 16.0 Å². The van der Waals surface area contributed by atoms with Crippen LogP contribution in [0.3, 0.4) is 0 Å². The fourth-order valence-electron chi connectivity index (χ4n) is 2.70. The molecule has 0 radical (unpaired) electrons. The lowest BCUT2D eigenvalue weighted by atomic mass is 9.98. The summed E-state index contributed by atoms with van der Waals surface area (Å²) in [6.07, 6.45) is 0. The van der Waals surface area contributed by atoms with E-state index in [1.165, 1.54) is 4.88 Å². The van der Waals surface area contributed by atoms with Gasteiger partial charge in [0.1, 0.15) is 0 Å². The van der Waals surface area contributed by atoms with Gasteiger partial charge in [-0.05, 0) is 43.7 Å². The summed E-state index contributed by atoms with van der Waals surface area (Å²) < 4.78 is 28.0. The zero-order valence-corrected chi connectivity index (χ0v) is 15.9. The lowest BCUT2D eigenvalue weighted by Gasteiger charge is -2.17. The Hall–Kier alpha value is -1.95. The molecule has 0 aliphatic rings. The first-order valence-electron chi connectivity index (χ1n) is 8.13. The third-order valence-corrected chi connectivity index (χ3v) is 6.67. The summed E-state index contributed by atoms with van der Waals surface area (Å²) in [5, 5.41) is 0. The Morgan fingerprint density at radius 3 is 2.20 bits per heavy atom. The molecule has 2 aromatic carbocycles. The van der Waals surface area contributed by atoms with Gasteiger partial charge < -0.3 is 0 Å². The Kier molecular flexibility index (Phi) is 5.37. The predicted octanol–water partition coefficient (Wildman–Crippen LogP) is 4.48. The van der Waals surface area contributed by atoms with Crippen molar-refractivity contribution in [1.29, 1.82) is 0 Å². The van der Waals surface area contributed by atoms with Gasteiger partial charge >= 0.3 is 0 Å². The van der Waals surface area contributed by atoms with E-state index in [9.17, 15) is 8.42 Å².